The quantitative estimate of drug-likeness (QED) is 0.867. The van der Waals surface area contributed by atoms with E-state index in [1.165, 1.54) is 0 Å². The molecule has 0 heterocycles. The van der Waals surface area contributed by atoms with Crippen molar-refractivity contribution in [3.05, 3.63) is 70.3 Å². The molecule has 0 saturated heterocycles. The molecular formula is C22H28N2O2. The van der Waals surface area contributed by atoms with Gasteiger partial charge in [-0.05, 0) is 38.8 Å². The molecule has 2 aromatic rings. The van der Waals surface area contributed by atoms with Gasteiger partial charge in [0.2, 0.25) is 11.8 Å². The molecule has 0 radical (unpaired) electrons. The van der Waals surface area contributed by atoms with Crippen LogP contribution in [0.5, 0.6) is 0 Å². The number of nitrogens with zero attached hydrogens (tertiary/aromatic N) is 1. The van der Waals surface area contributed by atoms with Gasteiger partial charge in [0.15, 0.2) is 0 Å². The summed E-state index contributed by atoms with van der Waals surface area (Å²) in [5.74, 6) is -0.209. The Bertz CT molecular complexity index is 778. The zero-order chi connectivity index (χ0) is 19.3. The average Bonchev–Trinajstić information content (AvgIpc) is 2.57. The van der Waals surface area contributed by atoms with Crippen LogP contribution in [0.4, 0.5) is 0 Å². The molecule has 2 aromatic carbocycles. The van der Waals surface area contributed by atoms with Gasteiger partial charge in [-0.2, -0.15) is 0 Å². The molecule has 0 spiro atoms. The van der Waals surface area contributed by atoms with Crippen LogP contribution in [-0.4, -0.2) is 29.8 Å². The molecule has 0 aromatic heterocycles. The summed E-state index contributed by atoms with van der Waals surface area (Å²) >= 11 is 0. The number of carbonyl (C=O) groups excluding carboxylic acids is 2. The smallest absolute Gasteiger partial charge is 0.242 e. The van der Waals surface area contributed by atoms with Crippen LogP contribution in [0.2, 0.25) is 0 Å². The van der Waals surface area contributed by atoms with Gasteiger partial charge in [0.25, 0.3) is 0 Å². The Balaban J connectivity index is 2.26. The van der Waals surface area contributed by atoms with Gasteiger partial charge < -0.3 is 10.2 Å². The largest absolute Gasteiger partial charge is 0.357 e. The van der Waals surface area contributed by atoms with Crippen molar-refractivity contribution in [1.29, 1.82) is 0 Å². The number of benzene rings is 2. The minimum atomic E-state index is -0.529. The summed E-state index contributed by atoms with van der Waals surface area (Å²) in [6.07, 6.45) is 0.287. The molecule has 0 aliphatic heterocycles. The van der Waals surface area contributed by atoms with E-state index in [1.54, 1.807) is 18.9 Å². The Labute approximate surface area is 156 Å². The third-order valence-corrected chi connectivity index (χ3v) is 4.49. The van der Waals surface area contributed by atoms with Crippen LogP contribution in [0, 0.1) is 20.8 Å². The van der Waals surface area contributed by atoms with Crippen LogP contribution in [0.15, 0.2) is 42.5 Å². The first kappa shape index (κ1) is 19.7. The lowest BCUT2D eigenvalue weighted by Crippen LogP contribution is -2.47. The average molecular weight is 352 g/mol. The van der Waals surface area contributed by atoms with Gasteiger partial charge in [0, 0.05) is 13.6 Å². The van der Waals surface area contributed by atoms with E-state index in [1.807, 2.05) is 57.2 Å². The predicted molar refractivity (Wildman–Crippen MR) is 105 cm³/mol. The lowest BCUT2D eigenvalue weighted by Gasteiger charge is -2.28. The number of hydrogen-bond acceptors (Lipinski definition) is 2. The second-order valence-corrected chi connectivity index (χ2v) is 6.97. The Morgan fingerprint density at radius 3 is 2.15 bits per heavy atom. The highest BCUT2D eigenvalue weighted by Gasteiger charge is 2.25. The molecule has 1 unspecified atom stereocenters. The van der Waals surface area contributed by atoms with Crippen molar-refractivity contribution < 1.29 is 9.59 Å². The number of carbonyl (C=O) groups is 2. The number of aryl methyl sites for hydroxylation is 3. The van der Waals surface area contributed by atoms with Crippen molar-refractivity contribution in [2.24, 2.45) is 0 Å². The van der Waals surface area contributed by atoms with Gasteiger partial charge in [-0.1, -0.05) is 59.2 Å². The Hall–Kier alpha value is -2.62. The number of nitrogens with one attached hydrogen (secondary N) is 1. The standard InChI is InChI=1S/C22H28N2O2/c1-15-7-6-8-19(10-15)14-24(18(4)22(26)23-5)21(25)13-20-11-16(2)9-17(3)12-20/h6-12,18H,13-14H2,1-5H3,(H,23,26). The second-order valence-electron chi connectivity index (χ2n) is 6.97. The van der Waals surface area contributed by atoms with Crippen LogP contribution in [-0.2, 0) is 22.6 Å². The molecule has 0 fully saturated rings. The van der Waals surface area contributed by atoms with E-state index in [2.05, 4.69) is 11.4 Å². The summed E-state index contributed by atoms with van der Waals surface area (Å²) in [5.41, 5.74) is 5.41. The molecule has 0 saturated carbocycles. The van der Waals surface area contributed by atoms with Crippen molar-refractivity contribution in [3.8, 4) is 0 Å². The molecule has 26 heavy (non-hydrogen) atoms. The van der Waals surface area contributed by atoms with E-state index in [4.69, 9.17) is 0 Å². The van der Waals surface area contributed by atoms with Gasteiger partial charge >= 0.3 is 0 Å². The maximum atomic E-state index is 13.0. The fourth-order valence-electron chi connectivity index (χ4n) is 3.25. The number of rotatable bonds is 6. The molecule has 2 rings (SSSR count). The third-order valence-electron chi connectivity index (χ3n) is 4.49. The first-order valence-electron chi connectivity index (χ1n) is 8.94. The van der Waals surface area contributed by atoms with Gasteiger partial charge in [-0.3, -0.25) is 9.59 Å². The zero-order valence-electron chi connectivity index (χ0n) is 16.3. The minimum Gasteiger partial charge on any atom is -0.357 e. The van der Waals surface area contributed by atoms with E-state index in [0.29, 0.717) is 6.54 Å². The SMILES string of the molecule is CNC(=O)C(C)N(Cc1cccc(C)c1)C(=O)Cc1cc(C)cc(C)c1. The van der Waals surface area contributed by atoms with E-state index < -0.39 is 6.04 Å². The molecule has 0 aliphatic carbocycles. The summed E-state index contributed by atoms with van der Waals surface area (Å²) in [6.45, 7) is 8.26. The molecule has 4 nitrogen and oxygen atoms in total. The number of hydrogen-bond donors (Lipinski definition) is 1. The highest BCUT2D eigenvalue weighted by molar-refractivity contribution is 5.88. The summed E-state index contributed by atoms with van der Waals surface area (Å²) in [4.78, 5) is 26.9. The summed E-state index contributed by atoms with van der Waals surface area (Å²) < 4.78 is 0. The second kappa shape index (κ2) is 8.65. The highest BCUT2D eigenvalue weighted by Crippen LogP contribution is 2.15. The van der Waals surface area contributed by atoms with Crippen molar-refractivity contribution in [2.75, 3.05) is 7.05 Å². The van der Waals surface area contributed by atoms with Crippen LogP contribution < -0.4 is 5.32 Å². The van der Waals surface area contributed by atoms with Gasteiger partial charge in [-0.15, -0.1) is 0 Å². The van der Waals surface area contributed by atoms with Gasteiger partial charge in [0.05, 0.1) is 6.42 Å². The Morgan fingerprint density at radius 1 is 0.962 bits per heavy atom. The predicted octanol–water partition coefficient (Wildman–Crippen LogP) is 3.32. The van der Waals surface area contributed by atoms with Crippen molar-refractivity contribution in [1.82, 2.24) is 10.2 Å². The molecular weight excluding hydrogens is 324 g/mol. The minimum absolute atomic E-state index is 0.0485. The van der Waals surface area contributed by atoms with Crippen LogP contribution in [0.3, 0.4) is 0 Å². The van der Waals surface area contributed by atoms with Gasteiger partial charge in [0.1, 0.15) is 6.04 Å². The normalized spacial score (nSPS) is 11.7. The number of amides is 2. The lowest BCUT2D eigenvalue weighted by molar-refractivity contribution is -0.139. The van der Waals surface area contributed by atoms with Crippen molar-refractivity contribution in [2.45, 2.75) is 46.7 Å². The zero-order valence-corrected chi connectivity index (χ0v) is 16.3. The van der Waals surface area contributed by atoms with Crippen LogP contribution >= 0.6 is 0 Å². The van der Waals surface area contributed by atoms with Crippen molar-refractivity contribution in [3.63, 3.8) is 0 Å². The topological polar surface area (TPSA) is 49.4 Å². The van der Waals surface area contributed by atoms with E-state index in [9.17, 15) is 9.59 Å². The van der Waals surface area contributed by atoms with Crippen molar-refractivity contribution >= 4 is 11.8 Å². The first-order chi connectivity index (χ1) is 12.3. The molecule has 4 heteroatoms. The summed E-state index contributed by atoms with van der Waals surface area (Å²) in [5, 5.41) is 2.65. The molecule has 0 aliphatic rings. The maximum Gasteiger partial charge on any atom is 0.242 e. The maximum absolute atomic E-state index is 13.0. The number of likely N-dealkylation sites (N-methyl/N-ethyl adjacent to an activating group) is 1. The summed E-state index contributed by atoms with van der Waals surface area (Å²) in [6, 6.07) is 13.6. The molecule has 138 valence electrons. The summed E-state index contributed by atoms with van der Waals surface area (Å²) in [7, 11) is 1.60. The van der Waals surface area contributed by atoms with E-state index >= 15 is 0 Å². The molecule has 2 amide bonds. The lowest BCUT2D eigenvalue weighted by atomic mass is 10.0. The molecule has 1 N–H and O–H groups in total. The van der Waals surface area contributed by atoms with E-state index in [-0.39, 0.29) is 18.2 Å². The first-order valence-corrected chi connectivity index (χ1v) is 8.94. The molecule has 0 bridgehead atoms. The van der Waals surface area contributed by atoms with Crippen LogP contribution in [0.25, 0.3) is 0 Å². The monoisotopic (exact) mass is 352 g/mol. The Kier molecular flexibility index (Phi) is 6.56. The van der Waals surface area contributed by atoms with Crippen LogP contribution in [0.1, 0.15) is 34.7 Å². The fourth-order valence-corrected chi connectivity index (χ4v) is 3.25. The Morgan fingerprint density at radius 2 is 1.58 bits per heavy atom. The highest BCUT2D eigenvalue weighted by atomic mass is 16.2. The molecule has 1 atom stereocenters. The van der Waals surface area contributed by atoms with E-state index in [0.717, 1.165) is 27.8 Å². The fraction of sp³-hybridized carbons (Fsp3) is 0.364. The third kappa shape index (κ3) is 5.19. The van der Waals surface area contributed by atoms with Gasteiger partial charge in [-0.25, -0.2) is 0 Å².